The van der Waals surface area contributed by atoms with Crippen molar-refractivity contribution in [2.24, 2.45) is 11.8 Å². The molecular formula is C25H38Cl2F3N3O. The average molecular weight is 524 g/mol. The molecule has 0 radical (unpaired) electrons. The molecule has 1 aromatic rings. The second-order valence-corrected chi connectivity index (χ2v) is 12.3. The van der Waals surface area contributed by atoms with E-state index in [9.17, 15) is 18.0 Å². The second-order valence-electron chi connectivity index (χ2n) is 11.3. The lowest BCUT2D eigenvalue weighted by molar-refractivity contribution is -0.214. The molecule has 2 fully saturated rings. The maximum Gasteiger partial charge on any atom is 0.393 e. The molecule has 0 aliphatic carbocycles. The third-order valence-electron chi connectivity index (χ3n) is 8.14. The van der Waals surface area contributed by atoms with E-state index in [1.807, 2.05) is 32.6 Å². The zero-order valence-electron chi connectivity index (χ0n) is 21.1. The molecule has 0 spiro atoms. The van der Waals surface area contributed by atoms with Crippen LogP contribution in [0.1, 0.15) is 66.4 Å². The zero-order chi connectivity index (χ0) is 25.6. The van der Waals surface area contributed by atoms with Crippen LogP contribution in [0.4, 0.5) is 13.2 Å². The Bertz CT molecular complexity index is 929. The van der Waals surface area contributed by atoms with Crippen molar-refractivity contribution in [1.82, 2.24) is 14.4 Å². The highest BCUT2D eigenvalue weighted by Gasteiger charge is 2.53. The molecule has 34 heavy (non-hydrogen) atoms. The van der Waals surface area contributed by atoms with Gasteiger partial charge in [-0.1, -0.05) is 11.6 Å². The molecule has 4 nitrogen and oxygen atoms in total. The SMILES string of the molecule is CC(C)N1CCC(C(C)(C)n2cc(Cl)c(C(C)(C)N3CCCC(Cl)C3)cc2=O)C(C(F)(F)F)C1. The predicted octanol–water partition coefficient (Wildman–Crippen LogP) is 6.08. The molecule has 0 bridgehead atoms. The van der Waals surface area contributed by atoms with Crippen molar-refractivity contribution in [3.8, 4) is 0 Å². The van der Waals surface area contributed by atoms with Gasteiger partial charge in [-0.25, -0.2) is 0 Å². The maximum atomic E-state index is 14.2. The molecule has 3 heterocycles. The Hall–Kier alpha value is -0.760. The van der Waals surface area contributed by atoms with Gasteiger partial charge in [0.2, 0.25) is 0 Å². The van der Waals surface area contributed by atoms with Crippen LogP contribution in [0.3, 0.4) is 0 Å². The second kappa shape index (κ2) is 9.95. The van der Waals surface area contributed by atoms with E-state index in [0.29, 0.717) is 30.1 Å². The highest BCUT2D eigenvalue weighted by molar-refractivity contribution is 6.31. The molecule has 0 aromatic carbocycles. The van der Waals surface area contributed by atoms with Crippen LogP contribution in [0.2, 0.25) is 5.02 Å². The number of piperidine rings is 2. The fourth-order valence-electron chi connectivity index (χ4n) is 5.83. The van der Waals surface area contributed by atoms with Crippen LogP contribution in [-0.2, 0) is 11.1 Å². The van der Waals surface area contributed by atoms with E-state index in [2.05, 4.69) is 4.90 Å². The van der Waals surface area contributed by atoms with E-state index < -0.39 is 29.1 Å². The van der Waals surface area contributed by atoms with Crippen molar-refractivity contribution < 1.29 is 13.2 Å². The van der Waals surface area contributed by atoms with E-state index in [4.69, 9.17) is 23.2 Å². The van der Waals surface area contributed by atoms with Crippen LogP contribution in [0.25, 0.3) is 0 Å². The summed E-state index contributed by atoms with van der Waals surface area (Å²) in [4.78, 5) is 17.5. The molecule has 3 rings (SSSR count). The molecule has 194 valence electrons. The third kappa shape index (κ3) is 5.47. The van der Waals surface area contributed by atoms with Gasteiger partial charge in [0.25, 0.3) is 5.56 Å². The van der Waals surface area contributed by atoms with Crippen LogP contribution in [0.5, 0.6) is 0 Å². The van der Waals surface area contributed by atoms with E-state index in [-0.39, 0.29) is 23.5 Å². The van der Waals surface area contributed by atoms with Gasteiger partial charge in [0.15, 0.2) is 0 Å². The van der Waals surface area contributed by atoms with Gasteiger partial charge in [-0.05, 0) is 85.4 Å². The summed E-state index contributed by atoms with van der Waals surface area (Å²) in [6.45, 7) is 13.4. The number of likely N-dealkylation sites (tertiary alicyclic amines) is 2. The summed E-state index contributed by atoms with van der Waals surface area (Å²) in [5.74, 6) is -2.26. The lowest BCUT2D eigenvalue weighted by atomic mass is 9.72. The molecule has 0 saturated carbocycles. The average Bonchev–Trinajstić information content (AvgIpc) is 2.73. The molecule has 2 aliphatic heterocycles. The quantitative estimate of drug-likeness (QED) is 0.437. The molecule has 3 unspecified atom stereocenters. The molecular weight excluding hydrogens is 486 g/mol. The molecule has 9 heteroatoms. The first-order chi connectivity index (χ1) is 15.6. The summed E-state index contributed by atoms with van der Waals surface area (Å²) >= 11 is 13.1. The van der Waals surface area contributed by atoms with Gasteiger partial charge in [0, 0.05) is 47.8 Å². The van der Waals surface area contributed by atoms with Crippen LogP contribution in [0, 0.1) is 11.8 Å². The largest absolute Gasteiger partial charge is 0.393 e. The summed E-state index contributed by atoms with van der Waals surface area (Å²) in [7, 11) is 0. The van der Waals surface area contributed by atoms with Crippen molar-refractivity contribution in [3.63, 3.8) is 0 Å². The summed E-state index contributed by atoms with van der Waals surface area (Å²) in [6.07, 6.45) is -0.527. The normalized spacial score (nSPS) is 26.3. The Balaban J connectivity index is 1.97. The van der Waals surface area contributed by atoms with Gasteiger partial charge in [0.05, 0.1) is 10.9 Å². The number of hydrogen-bond acceptors (Lipinski definition) is 3. The molecule has 0 amide bonds. The van der Waals surface area contributed by atoms with Crippen LogP contribution < -0.4 is 5.56 Å². The van der Waals surface area contributed by atoms with Gasteiger partial charge >= 0.3 is 6.18 Å². The number of pyridine rings is 1. The Morgan fingerprint density at radius 2 is 1.68 bits per heavy atom. The van der Waals surface area contributed by atoms with E-state index in [1.54, 1.807) is 20.0 Å². The summed E-state index contributed by atoms with van der Waals surface area (Å²) < 4.78 is 43.9. The van der Waals surface area contributed by atoms with Crippen LogP contribution >= 0.6 is 23.2 Å². The van der Waals surface area contributed by atoms with Gasteiger partial charge < -0.3 is 9.47 Å². The van der Waals surface area contributed by atoms with Gasteiger partial charge in [-0.15, -0.1) is 11.6 Å². The highest BCUT2D eigenvalue weighted by atomic mass is 35.5. The van der Waals surface area contributed by atoms with Crippen molar-refractivity contribution in [3.05, 3.63) is 33.2 Å². The lowest BCUT2D eigenvalue weighted by Crippen LogP contribution is -2.56. The van der Waals surface area contributed by atoms with E-state index >= 15 is 0 Å². The molecule has 2 aliphatic rings. The van der Waals surface area contributed by atoms with Gasteiger partial charge in [0.1, 0.15) is 0 Å². The van der Waals surface area contributed by atoms with Crippen molar-refractivity contribution in [2.75, 3.05) is 26.2 Å². The number of hydrogen-bond donors (Lipinski definition) is 0. The Morgan fingerprint density at radius 1 is 1.03 bits per heavy atom. The number of rotatable bonds is 5. The topological polar surface area (TPSA) is 28.5 Å². The van der Waals surface area contributed by atoms with Gasteiger partial charge in [-0.3, -0.25) is 9.69 Å². The van der Waals surface area contributed by atoms with Crippen molar-refractivity contribution >= 4 is 23.2 Å². The summed E-state index contributed by atoms with van der Waals surface area (Å²) in [5, 5.41) is 0.430. The number of alkyl halides is 4. The fourth-order valence-corrected chi connectivity index (χ4v) is 6.54. The minimum atomic E-state index is -4.35. The summed E-state index contributed by atoms with van der Waals surface area (Å²) in [6, 6.07) is 1.54. The molecule has 1 aromatic heterocycles. The number of nitrogens with zero attached hydrogens (tertiary/aromatic N) is 3. The smallest absolute Gasteiger partial charge is 0.308 e. The first-order valence-electron chi connectivity index (χ1n) is 12.2. The summed E-state index contributed by atoms with van der Waals surface area (Å²) in [5.41, 5.74) is -1.23. The van der Waals surface area contributed by atoms with Crippen LogP contribution in [-0.4, -0.2) is 58.1 Å². The first-order valence-corrected chi connectivity index (χ1v) is 13.0. The zero-order valence-corrected chi connectivity index (χ0v) is 22.6. The highest BCUT2D eigenvalue weighted by Crippen LogP contribution is 2.45. The molecule has 2 saturated heterocycles. The van der Waals surface area contributed by atoms with Crippen molar-refractivity contribution in [1.29, 1.82) is 0 Å². The van der Waals surface area contributed by atoms with E-state index in [1.165, 1.54) is 10.6 Å². The molecule has 3 atom stereocenters. The van der Waals surface area contributed by atoms with E-state index in [0.717, 1.165) is 19.4 Å². The van der Waals surface area contributed by atoms with Crippen molar-refractivity contribution in [2.45, 2.75) is 89.5 Å². The minimum Gasteiger partial charge on any atom is -0.308 e. The molecule has 0 N–H and O–H groups in total. The Labute approximate surface area is 211 Å². The number of aromatic nitrogens is 1. The number of halogens is 5. The Kier molecular flexibility index (Phi) is 8.14. The van der Waals surface area contributed by atoms with Gasteiger partial charge in [-0.2, -0.15) is 13.2 Å². The first kappa shape index (κ1) is 27.8. The fraction of sp³-hybridized carbons (Fsp3) is 0.800. The third-order valence-corrected chi connectivity index (χ3v) is 8.80. The Morgan fingerprint density at radius 3 is 2.24 bits per heavy atom. The maximum absolute atomic E-state index is 14.2. The standard InChI is InChI=1S/C25H38Cl2F3N3O/c1-16(2)31-11-9-18(20(14-31)25(28,29)30)24(5,6)33-15-21(27)19(12-22(33)34)23(3,4)32-10-7-8-17(26)13-32/h12,15-18,20H,7-11,13-14H2,1-6H3. The lowest BCUT2D eigenvalue weighted by Gasteiger charge is -2.48. The predicted molar refractivity (Wildman–Crippen MR) is 133 cm³/mol. The van der Waals surface area contributed by atoms with Crippen LogP contribution in [0.15, 0.2) is 17.1 Å². The minimum absolute atomic E-state index is 0.0370. The monoisotopic (exact) mass is 523 g/mol.